The molecule has 7 nitrogen and oxygen atoms in total. The fraction of sp³-hybridized carbons (Fsp3) is 0.389. The van der Waals surface area contributed by atoms with E-state index in [0.717, 1.165) is 5.57 Å². The maximum absolute atomic E-state index is 12.3. The summed E-state index contributed by atoms with van der Waals surface area (Å²) in [6, 6.07) is 5.32. The quantitative estimate of drug-likeness (QED) is 0.490. The maximum Gasteiger partial charge on any atom is 0.277 e. The maximum atomic E-state index is 12.3. The summed E-state index contributed by atoms with van der Waals surface area (Å²) in [5, 5.41) is 8.38. The Kier molecular flexibility index (Phi) is 7.08. The van der Waals surface area contributed by atoms with Gasteiger partial charge in [-0.2, -0.15) is 0 Å². The molecule has 0 aliphatic rings. The molecule has 0 N–H and O–H groups in total. The summed E-state index contributed by atoms with van der Waals surface area (Å²) >= 11 is 1.21. The molecule has 1 aromatic carbocycles. The molecule has 0 atom stereocenters. The van der Waals surface area contributed by atoms with Crippen molar-refractivity contribution in [2.24, 2.45) is 0 Å². The predicted molar refractivity (Wildman–Crippen MR) is 101 cm³/mol. The van der Waals surface area contributed by atoms with Crippen LogP contribution in [0.15, 0.2) is 40.0 Å². The standard InChI is InChI=1S/C18H23N3O4S/c1-6-21(10-12(2)3)16(22)11-26-18-20-19-17(25-18)14-8-7-13(23-4)9-15(14)24-5/h7-9H,2,6,10-11H2,1,3-5H3. The third-order valence-corrected chi connectivity index (χ3v) is 4.36. The number of ether oxygens (including phenoxy) is 2. The minimum atomic E-state index is 0.00211. The van der Waals surface area contributed by atoms with E-state index in [0.29, 0.717) is 41.3 Å². The zero-order valence-electron chi connectivity index (χ0n) is 15.4. The Hall–Kier alpha value is -2.48. The molecule has 8 heteroatoms. The van der Waals surface area contributed by atoms with E-state index >= 15 is 0 Å². The van der Waals surface area contributed by atoms with E-state index in [2.05, 4.69) is 16.8 Å². The van der Waals surface area contributed by atoms with Crippen LogP contribution >= 0.6 is 11.8 Å². The number of rotatable bonds is 9. The fourth-order valence-corrected chi connectivity index (χ4v) is 2.93. The highest BCUT2D eigenvalue weighted by atomic mass is 32.2. The van der Waals surface area contributed by atoms with Crippen molar-refractivity contribution in [3.05, 3.63) is 30.4 Å². The molecule has 0 saturated carbocycles. The molecule has 1 heterocycles. The number of methoxy groups -OCH3 is 2. The van der Waals surface area contributed by atoms with Crippen molar-refractivity contribution in [2.75, 3.05) is 33.1 Å². The third kappa shape index (κ3) is 5.01. The number of carbonyl (C=O) groups is 1. The Bertz CT molecular complexity index is 776. The molecular formula is C18H23N3O4S. The molecule has 0 spiro atoms. The van der Waals surface area contributed by atoms with E-state index in [4.69, 9.17) is 13.9 Å². The summed E-state index contributed by atoms with van der Waals surface area (Å²) in [4.78, 5) is 14.0. The lowest BCUT2D eigenvalue weighted by Crippen LogP contribution is -2.33. The largest absolute Gasteiger partial charge is 0.497 e. The number of hydrogen-bond donors (Lipinski definition) is 0. The van der Waals surface area contributed by atoms with Gasteiger partial charge in [0.05, 0.1) is 25.5 Å². The SMILES string of the molecule is C=C(C)CN(CC)C(=O)CSc1nnc(-c2ccc(OC)cc2OC)o1. The smallest absolute Gasteiger partial charge is 0.277 e. The molecule has 0 aliphatic carbocycles. The molecule has 0 saturated heterocycles. The first-order valence-electron chi connectivity index (χ1n) is 8.09. The number of likely N-dealkylation sites (N-methyl/N-ethyl adjacent to an activating group) is 1. The highest BCUT2D eigenvalue weighted by Crippen LogP contribution is 2.33. The molecular weight excluding hydrogens is 354 g/mol. The molecule has 0 fully saturated rings. The number of thioether (sulfide) groups is 1. The van der Waals surface area contributed by atoms with Gasteiger partial charge < -0.3 is 18.8 Å². The highest BCUT2D eigenvalue weighted by Gasteiger charge is 2.17. The Morgan fingerprint density at radius 2 is 2.08 bits per heavy atom. The topological polar surface area (TPSA) is 77.7 Å². The molecule has 0 bridgehead atoms. The van der Waals surface area contributed by atoms with Crippen molar-refractivity contribution in [3.8, 4) is 23.0 Å². The normalized spacial score (nSPS) is 10.5. The van der Waals surface area contributed by atoms with Crippen molar-refractivity contribution >= 4 is 17.7 Å². The van der Waals surface area contributed by atoms with Gasteiger partial charge in [-0.05, 0) is 26.0 Å². The predicted octanol–water partition coefficient (Wildman–Crippen LogP) is 3.27. The van der Waals surface area contributed by atoms with Gasteiger partial charge in [0.25, 0.3) is 11.1 Å². The first-order valence-corrected chi connectivity index (χ1v) is 9.07. The first kappa shape index (κ1) is 19.8. The minimum Gasteiger partial charge on any atom is -0.497 e. The molecule has 0 radical (unpaired) electrons. The summed E-state index contributed by atoms with van der Waals surface area (Å²) in [6.45, 7) is 8.86. The van der Waals surface area contributed by atoms with Crippen LogP contribution in [-0.4, -0.2) is 54.1 Å². The lowest BCUT2D eigenvalue weighted by Gasteiger charge is -2.20. The van der Waals surface area contributed by atoms with Gasteiger partial charge in [-0.15, -0.1) is 10.2 Å². The summed E-state index contributed by atoms with van der Waals surface area (Å²) < 4.78 is 16.2. The van der Waals surface area contributed by atoms with Gasteiger partial charge in [0, 0.05) is 19.2 Å². The zero-order chi connectivity index (χ0) is 19.1. The average Bonchev–Trinajstić information content (AvgIpc) is 3.12. The number of aromatic nitrogens is 2. The van der Waals surface area contributed by atoms with Gasteiger partial charge in [0.2, 0.25) is 5.91 Å². The number of carbonyl (C=O) groups excluding carboxylic acids is 1. The van der Waals surface area contributed by atoms with Gasteiger partial charge in [0.15, 0.2) is 0 Å². The van der Waals surface area contributed by atoms with Crippen LogP contribution in [0, 0.1) is 0 Å². The summed E-state index contributed by atoms with van der Waals surface area (Å²) in [5.41, 5.74) is 1.60. The van der Waals surface area contributed by atoms with Crippen molar-refractivity contribution in [2.45, 2.75) is 19.1 Å². The third-order valence-electron chi connectivity index (χ3n) is 3.56. The van der Waals surface area contributed by atoms with Crippen molar-refractivity contribution in [1.29, 1.82) is 0 Å². The monoisotopic (exact) mass is 377 g/mol. The van der Waals surface area contributed by atoms with Crippen molar-refractivity contribution < 1.29 is 18.7 Å². The van der Waals surface area contributed by atoms with Gasteiger partial charge >= 0.3 is 0 Å². The van der Waals surface area contributed by atoms with Crippen LogP contribution in [0.25, 0.3) is 11.5 Å². The van der Waals surface area contributed by atoms with Crippen molar-refractivity contribution in [1.82, 2.24) is 15.1 Å². The lowest BCUT2D eigenvalue weighted by molar-refractivity contribution is -0.127. The fourth-order valence-electron chi connectivity index (χ4n) is 2.27. The summed E-state index contributed by atoms with van der Waals surface area (Å²) in [5.74, 6) is 1.79. The van der Waals surface area contributed by atoms with E-state index in [1.54, 1.807) is 37.3 Å². The van der Waals surface area contributed by atoms with E-state index in [-0.39, 0.29) is 11.7 Å². The van der Waals surface area contributed by atoms with Crippen LogP contribution in [0.5, 0.6) is 11.5 Å². The molecule has 140 valence electrons. The molecule has 26 heavy (non-hydrogen) atoms. The molecule has 0 unspecified atom stereocenters. The summed E-state index contributed by atoms with van der Waals surface area (Å²) in [7, 11) is 3.14. The highest BCUT2D eigenvalue weighted by molar-refractivity contribution is 7.99. The van der Waals surface area contributed by atoms with Gasteiger partial charge in [-0.1, -0.05) is 23.9 Å². The second kappa shape index (κ2) is 9.28. The van der Waals surface area contributed by atoms with Gasteiger partial charge in [-0.3, -0.25) is 4.79 Å². The van der Waals surface area contributed by atoms with Gasteiger partial charge in [-0.25, -0.2) is 0 Å². The zero-order valence-corrected chi connectivity index (χ0v) is 16.3. The van der Waals surface area contributed by atoms with E-state index in [1.807, 2.05) is 13.8 Å². The Labute approximate surface area is 157 Å². The van der Waals surface area contributed by atoms with Crippen LogP contribution in [0.3, 0.4) is 0 Å². The second-order valence-electron chi connectivity index (χ2n) is 5.59. The van der Waals surface area contributed by atoms with E-state index in [9.17, 15) is 4.79 Å². The van der Waals surface area contributed by atoms with Crippen LogP contribution in [0.2, 0.25) is 0 Å². The number of amides is 1. The van der Waals surface area contributed by atoms with Crippen LogP contribution < -0.4 is 9.47 Å². The summed E-state index contributed by atoms with van der Waals surface area (Å²) in [6.07, 6.45) is 0. The Balaban J connectivity index is 2.06. The van der Waals surface area contributed by atoms with Crippen LogP contribution in [-0.2, 0) is 4.79 Å². The number of hydrogen-bond acceptors (Lipinski definition) is 7. The number of nitrogens with zero attached hydrogens (tertiary/aromatic N) is 3. The minimum absolute atomic E-state index is 0.00211. The van der Waals surface area contributed by atoms with E-state index in [1.165, 1.54) is 11.8 Å². The van der Waals surface area contributed by atoms with Crippen molar-refractivity contribution in [3.63, 3.8) is 0 Å². The molecule has 1 aromatic heterocycles. The second-order valence-corrected chi connectivity index (χ2v) is 6.52. The lowest BCUT2D eigenvalue weighted by atomic mass is 10.2. The molecule has 2 aromatic rings. The number of benzene rings is 1. The Morgan fingerprint density at radius 3 is 2.69 bits per heavy atom. The molecule has 2 rings (SSSR count). The molecule has 1 amide bonds. The van der Waals surface area contributed by atoms with Crippen LogP contribution in [0.1, 0.15) is 13.8 Å². The Morgan fingerprint density at radius 1 is 1.31 bits per heavy atom. The average molecular weight is 377 g/mol. The molecule has 0 aliphatic heterocycles. The first-order chi connectivity index (χ1) is 12.5. The van der Waals surface area contributed by atoms with Crippen LogP contribution in [0.4, 0.5) is 0 Å². The van der Waals surface area contributed by atoms with E-state index < -0.39 is 0 Å². The van der Waals surface area contributed by atoms with Gasteiger partial charge in [0.1, 0.15) is 11.5 Å².